The molecule has 0 saturated heterocycles. The molecular weight excluding hydrogens is 206 g/mol. The highest BCUT2D eigenvalue weighted by molar-refractivity contribution is 5.87. The number of nitrogens with one attached hydrogen (secondary N) is 1. The summed E-state index contributed by atoms with van der Waals surface area (Å²) in [7, 11) is 0. The van der Waals surface area contributed by atoms with Crippen LogP contribution in [0.15, 0.2) is 24.4 Å². The molecule has 2 aromatic rings. The monoisotopic (exact) mass is 219 g/mol. The number of carboxylic acids is 1. The summed E-state index contributed by atoms with van der Waals surface area (Å²) in [5.41, 5.74) is 1.71. The van der Waals surface area contributed by atoms with Gasteiger partial charge in [0.15, 0.2) is 0 Å². The Bertz CT molecular complexity index is 516. The smallest absolute Gasteiger partial charge is 0.307 e. The van der Waals surface area contributed by atoms with Crippen molar-refractivity contribution < 1.29 is 14.6 Å². The van der Waals surface area contributed by atoms with Gasteiger partial charge in [0.2, 0.25) is 0 Å². The average molecular weight is 219 g/mol. The van der Waals surface area contributed by atoms with Crippen molar-refractivity contribution in [2.24, 2.45) is 0 Å². The normalized spacial score (nSPS) is 10.6. The van der Waals surface area contributed by atoms with Crippen LogP contribution < -0.4 is 4.74 Å². The molecule has 0 aliphatic rings. The molecule has 0 saturated carbocycles. The standard InChI is InChI=1S/C12H13NO3/c1-2-16-9-3-4-11-10(6-9)8(7-13-11)5-12(14)15/h3-4,6-7,13H,2,5H2,1H3,(H,14,15). The van der Waals surface area contributed by atoms with Crippen LogP contribution in [-0.4, -0.2) is 22.7 Å². The Labute approximate surface area is 92.9 Å². The lowest BCUT2D eigenvalue weighted by molar-refractivity contribution is -0.136. The number of hydrogen-bond donors (Lipinski definition) is 2. The summed E-state index contributed by atoms with van der Waals surface area (Å²) in [6, 6.07) is 5.63. The van der Waals surface area contributed by atoms with E-state index in [1.54, 1.807) is 6.20 Å². The van der Waals surface area contributed by atoms with E-state index in [9.17, 15) is 4.79 Å². The van der Waals surface area contributed by atoms with Crippen molar-refractivity contribution in [1.29, 1.82) is 0 Å². The second-order valence-corrected chi connectivity index (χ2v) is 3.52. The van der Waals surface area contributed by atoms with E-state index in [1.165, 1.54) is 0 Å². The molecule has 0 fully saturated rings. The first-order chi connectivity index (χ1) is 7.70. The van der Waals surface area contributed by atoms with E-state index in [4.69, 9.17) is 9.84 Å². The number of hydrogen-bond acceptors (Lipinski definition) is 2. The highest BCUT2D eigenvalue weighted by atomic mass is 16.5. The zero-order valence-electron chi connectivity index (χ0n) is 8.99. The van der Waals surface area contributed by atoms with Crippen molar-refractivity contribution in [2.45, 2.75) is 13.3 Å². The molecule has 4 heteroatoms. The third-order valence-electron chi connectivity index (χ3n) is 2.39. The molecule has 4 nitrogen and oxygen atoms in total. The maximum atomic E-state index is 10.7. The summed E-state index contributed by atoms with van der Waals surface area (Å²) in [5, 5.41) is 9.68. The van der Waals surface area contributed by atoms with Crippen molar-refractivity contribution in [2.75, 3.05) is 6.61 Å². The Morgan fingerprint density at radius 1 is 1.50 bits per heavy atom. The van der Waals surface area contributed by atoms with Gasteiger partial charge in [0.1, 0.15) is 5.75 Å². The van der Waals surface area contributed by atoms with Gasteiger partial charge in [-0.1, -0.05) is 0 Å². The Balaban J connectivity index is 2.42. The van der Waals surface area contributed by atoms with Crippen LogP contribution in [0.5, 0.6) is 5.75 Å². The van der Waals surface area contributed by atoms with Crippen molar-refractivity contribution in [3.63, 3.8) is 0 Å². The molecule has 0 atom stereocenters. The van der Waals surface area contributed by atoms with Gasteiger partial charge in [-0.25, -0.2) is 0 Å². The average Bonchev–Trinajstić information content (AvgIpc) is 2.61. The van der Waals surface area contributed by atoms with Gasteiger partial charge < -0.3 is 14.8 Å². The number of aromatic nitrogens is 1. The Morgan fingerprint density at radius 2 is 2.31 bits per heavy atom. The number of carboxylic acid groups (broad SMARTS) is 1. The molecule has 0 aliphatic heterocycles. The van der Waals surface area contributed by atoms with E-state index < -0.39 is 5.97 Å². The van der Waals surface area contributed by atoms with Crippen LogP contribution in [-0.2, 0) is 11.2 Å². The lowest BCUT2D eigenvalue weighted by Crippen LogP contribution is -1.99. The van der Waals surface area contributed by atoms with Crippen LogP contribution in [0, 0.1) is 0 Å². The zero-order chi connectivity index (χ0) is 11.5. The minimum atomic E-state index is -0.831. The van der Waals surface area contributed by atoms with Gasteiger partial charge in [0.05, 0.1) is 13.0 Å². The first-order valence-corrected chi connectivity index (χ1v) is 5.15. The van der Waals surface area contributed by atoms with Gasteiger partial charge in [0, 0.05) is 17.1 Å². The molecule has 0 amide bonds. The molecular formula is C12H13NO3. The van der Waals surface area contributed by atoms with E-state index in [0.717, 1.165) is 22.2 Å². The van der Waals surface area contributed by atoms with E-state index in [1.807, 2.05) is 25.1 Å². The fraction of sp³-hybridized carbons (Fsp3) is 0.250. The van der Waals surface area contributed by atoms with Gasteiger partial charge in [-0.3, -0.25) is 4.79 Å². The fourth-order valence-corrected chi connectivity index (χ4v) is 1.72. The molecule has 0 aliphatic carbocycles. The summed E-state index contributed by atoms with van der Waals surface area (Å²) in [4.78, 5) is 13.7. The third kappa shape index (κ3) is 2.00. The van der Waals surface area contributed by atoms with E-state index in [0.29, 0.717) is 6.61 Å². The molecule has 1 aromatic heterocycles. The minimum Gasteiger partial charge on any atom is -0.494 e. The first-order valence-electron chi connectivity index (χ1n) is 5.15. The Kier molecular flexibility index (Phi) is 2.81. The van der Waals surface area contributed by atoms with Crippen LogP contribution in [0.1, 0.15) is 12.5 Å². The van der Waals surface area contributed by atoms with Gasteiger partial charge in [0.25, 0.3) is 0 Å². The minimum absolute atomic E-state index is 0.0234. The SMILES string of the molecule is CCOc1ccc2[nH]cc(CC(=O)O)c2c1. The molecule has 2 rings (SSSR count). The second-order valence-electron chi connectivity index (χ2n) is 3.52. The van der Waals surface area contributed by atoms with E-state index >= 15 is 0 Å². The number of benzene rings is 1. The number of H-pyrrole nitrogens is 1. The Hall–Kier alpha value is -1.97. The summed E-state index contributed by atoms with van der Waals surface area (Å²) in [5.74, 6) is -0.0658. The van der Waals surface area contributed by atoms with Crippen molar-refractivity contribution in [1.82, 2.24) is 4.98 Å². The molecule has 1 aromatic carbocycles. The molecule has 0 unspecified atom stereocenters. The highest BCUT2D eigenvalue weighted by Gasteiger charge is 2.08. The van der Waals surface area contributed by atoms with Crippen molar-refractivity contribution >= 4 is 16.9 Å². The topological polar surface area (TPSA) is 62.3 Å². The second kappa shape index (κ2) is 4.26. The molecule has 0 radical (unpaired) electrons. The first kappa shape index (κ1) is 10.5. The number of aliphatic carboxylic acids is 1. The quantitative estimate of drug-likeness (QED) is 0.828. The number of rotatable bonds is 4. The van der Waals surface area contributed by atoms with Gasteiger partial charge >= 0.3 is 5.97 Å². The number of aromatic amines is 1. The highest BCUT2D eigenvalue weighted by Crippen LogP contribution is 2.24. The number of fused-ring (bicyclic) bond motifs is 1. The van der Waals surface area contributed by atoms with Gasteiger partial charge in [-0.2, -0.15) is 0 Å². The molecule has 0 spiro atoms. The number of carbonyl (C=O) groups is 1. The summed E-state index contributed by atoms with van der Waals surface area (Å²) >= 11 is 0. The maximum absolute atomic E-state index is 10.7. The lowest BCUT2D eigenvalue weighted by atomic mass is 10.1. The summed E-state index contributed by atoms with van der Waals surface area (Å²) in [6.45, 7) is 2.52. The summed E-state index contributed by atoms with van der Waals surface area (Å²) < 4.78 is 5.38. The van der Waals surface area contributed by atoms with Crippen LogP contribution in [0.2, 0.25) is 0 Å². The molecule has 84 valence electrons. The van der Waals surface area contributed by atoms with Gasteiger partial charge in [-0.15, -0.1) is 0 Å². The zero-order valence-corrected chi connectivity index (χ0v) is 8.99. The van der Waals surface area contributed by atoms with Crippen molar-refractivity contribution in [3.05, 3.63) is 30.0 Å². The predicted octanol–water partition coefficient (Wildman–Crippen LogP) is 2.19. The molecule has 2 N–H and O–H groups in total. The van der Waals surface area contributed by atoms with E-state index in [2.05, 4.69) is 4.98 Å². The van der Waals surface area contributed by atoms with E-state index in [-0.39, 0.29) is 6.42 Å². The lowest BCUT2D eigenvalue weighted by Gasteiger charge is -2.03. The largest absolute Gasteiger partial charge is 0.494 e. The maximum Gasteiger partial charge on any atom is 0.307 e. The van der Waals surface area contributed by atoms with Gasteiger partial charge in [-0.05, 0) is 30.7 Å². The number of ether oxygens (including phenoxy) is 1. The summed E-state index contributed by atoms with van der Waals surface area (Å²) in [6.07, 6.45) is 1.75. The van der Waals surface area contributed by atoms with Crippen LogP contribution in [0.25, 0.3) is 10.9 Å². The molecule has 16 heavy (non-hydrogen) atoms. The fourth-order valence-electron chi connectivity index (χ4n) is 1.72. The predicted molar refractivity (Wildman–Crippen MR) is 60.8 cm³/mol. The van der Waals surface area contributed by atoms with Crippen molar-refractivity contribution in [3.8, 4) is 5.75 Å². The van der Waals surface area contributed by atoms with Crippen LogP contribution in [0.4, 0.5) is 0 Å². The Morgan fingerprint density at radius 3 is 3.00 bits per heavy atom. The van der Waals surface area contributed by atoms with Crippen LogP contribution in [0.3, 0.4) is 0 Å². The van der Waals surface area contributed by atoms with Crippen LogP contribution >= 0.6 is 0 Å². The molecule has 0 bridgehead atoms. The molecule has 1 heterocycles. The third-order valence-corrected chi connectivity index (χ3v) is 2.39.